The summed E-state index contributed by atoms with van der Waals surface area (Å²) < 4.78 is 0. The number of hydrogen-bond donors (Lipinski definition) is 0. The summed E-state index contributed by atoms with van der Waals surface area (Å²) in [4.78, 5) is 13.9. The molecule has 3 aromatic rings. The third-order valence-electron chi connectivity index (χ3n) is 5.39. The van der Waals surface area contributed by atoms with E-state index in [1.807, 2.05) is 47.8 Å². The highest BCUT2D eigenvalue weighted by Crippen LogP contribution is 2.45. The first kappa shape index (κ1) is 16.7. The van der Waals surface area contributed by atoms with Crippen LogP contribution in [0.5, 0.6) is 0 Å². The third kappa shape index (κ3) is 2.71. The Hall–Kier alpha value is -2.43. The molecule has 0 unspecified atom stereocenters. The van der Waals surface area contributed by atoms with Gasteiger partial charge in [-0.2, -0.15) is 5.10 Å². The van der Waals surface area contributed by atoms with Crippen molar-refractivity contribution in [2.75, 3.05) is 0 Å². The van der Waals surface area contributed by atoms with E-state index >= 15 is 0 Å². The highest BCUT2D eigenvalue weighted by atomic mass is 35.5. The normalized spacial score (nSPS) is 20.8. The van der Waals surface area contributed by atoms with Gasteiger partial charge in [-0.3, -0.25) is 4.79 Å². The Labute approximate surface area is 166 Å². The minimum Gasteiger partial charge on any atom is -0.266 e. The van der Waals surface area contributed by atoms with Crippen molar-refractivity contribution in [1.82, 2.24) is 5.01 Å². The third-order valence-corrected chi connectivity index (χ3v) is 6.60. The van der Waals surface area contributed by atoms with Gasteiger partial charge in [0.2, 0.25) is 0 Å². The van der Waals surface area contributed by atoms with Crippen LogP contribution < -0.4 is 0 Å². The first-order valence-electron chi connectivity index (χ1n) is 9.02. The number of hydrogen-bond acceptors (Lipinski definition) is 3. The second-order valence-electron chi connectivity index (χ2n) is 6.88. The van der Waals surface area contributed by atoms with Gasteiger partial charge < -0.3 is 0 Å². The number of benzene rings is 2. The summed E-state index contributed by atoms with van der Waals surface area (Å²) in [6.07, 6.45) is 1.95. The van der Waals surface area contributed by atoms with Gasteiger partial charge in [0.25, 0.3) is 5.91 Å². The van der Waals surface area contributed by atoms with Crippen molar-refractivity contribution >= 4 is 34.6 Å². The van der Waals surface area contributed by atoms with E-state index in [-0.39, 0.29) is 17.9 Å². The molecule has 5 rings (SSSR count). The molecular weight excluding hydrogens is 376 g/mol. The first-order chi connectivity index (χ1) is 13.2. The molecule has 1 aromatic heterocycles. The number of nitrogens with zero attached hydrogens (tertiary/aromatic N) is 2. The lowest BCUT2D eigenvalue weighted by Gasteiger charge is -2.30. The fraction of sp³-hybridized carbons (Fsp3) is 0.182. The molecule has 3 nitrogen and oxygen atoms in total. The average Bonchev–Trinajstić information content (AvgIpc) is 3.36. The van der Waals surface area contributed by atoms with Gasteiger partial charge >= 0.3 is 0 Å². The molecule has 2 aromatic carbocycles. The molecule has 0 saturated carbocycles. The molecule has 0 saturated heterocycles. The molecule has 2 atom stereocenters. The van der Waals surface area contributed by atoms with Gasteiger partial charge in [0, 0.05) is 16.5 Å². The van der Waals surface area contributed by atoms with Gasteiger partial charge in [-0.05, 0) is 41.5 Å². The van der Waals surface area contributed by atoms with Gasteiger partial charge in [-0.25, -0.2) is 5.01 Å². The molecule has 0 radical (unpaired) electrons. The lowest BCUT2D eigenvalue weighted by molar-refractivity contribution is 0.0687. The van der Waals surface area contributed by atoms with Crippen LogP contribution in [0, 0.1) is 5.92 Å². The van der Waals surface area contributed by atoms with Gasteiger partial charge in [-0.15, -0.1) is 11.3 Å². The van der Waals surface area contributed by atoms with Crippen LogP contribution in [0.3, 0.4) is 0 Å². The van der Waals surface area contributed by atoms with E-state index in [0.717, 1.165) is 29.7 Å². The Morgan fingerprint density at radius 3 is 2.70 bits per heavy atom. The molecule has 0 fully saturated rings. The molecule has 0 bridgehead atoms. The lowest BCUT2D eigenvalue weighted by atomic mass is 9.77. The fourth-order valence-electron chi connectivity index (χ4n) is 4.17. The Balaban J connectivity index is 1.65. The maximum absolute atomic E-state index is 13.2. The zero-order valence-corrected chi connectivity index (χ0v) is 16.1. The Morgan fingerprint density at radius 2 is 1.89 bits per heavy atom. The predicted molar refractivity (Wildman–Crippen MR) is 109 cm³/mol. The summed E-state index contributed by atoms with van der Waals surface area (Å²) in [6, 6.07) is 19.8. The van der Waals surface area contributed by atoms with E-state index in [0.29, 0.717) is 9.90 Å². The SMILES string of the molecule is O=C(c1cccs1)N1N=C2c3ccccc3CC[C@H]2[C@@H]1c1ccccc1Cl. The number of carbonyl (C=O) groups is 1. The Morgan fingerprint density at radius 1 is 1.07 bits per heavy atom. The number of halogens is 1. The predicted octanol–water partition coefficient (Wildman–Crippen LogP) is 5.57. The fourth-order valence-corrected chi connectivity index (χ4v) is 5.07. The van der Waals surface area contributed by atoms with Crippen LogP contribution in [0.4, 0.5) is 0 Å². The molecule has 1 aliphatic heterocycles. The van der Waals surface area contributed by atoms with Crippen molar-refractivity contribution in [3.05, 3.63) is 92.6 Å². The van der Waals surface area contributed by atoms with Crippen LogP contribution >= 0.6 is 22.9 Å². The molecule has 1 aliphatic carbocycles. The van der Waals surface area contributed by atoms with E-state index < -0.39 is 0 Å². The van der Waals surface area contributed by atoms with E-state index in [1.165, 1.54) is 16.9 Å². The molecule has 1 amide bonds. The number of thiophene rings is 1. The van der Waals surface area contributed by atoms with E-state index in [4.69, 9.17) is 16.7 Å². The molecule has 27 heavy (non-hydrogen) atoms. The summed E-state index contributed by atoms with van der Waals surface area (Å²) in [5, 5.41) is 9.12. The van der Waals surface area contributed by atoms with Crippen LogP contribution in [0.2, 0.25) is 5.02 Å². The molecule has 2 heterocycles. The molecule has 134 valence electrons. The molecule has 5 heteroatoms. The zero-order valence-electron chi connectivity index (χ0n) is 14.5. The summed E-state index contributed by atoms with van der Waals surface area (Å²) in [7, 11) is 0. The van der Waals surface area contributed by atoms with Gasteiger partial charge in [0.1, 0.15) is 0 Å². The van der Waals surface area contributed by atoms with Crippen LogP contribution in [0.1, 0.15) is 38.8 Å². The highest BCUT2D eigenvalue weighted by molar-refractivity contribution is 7.12. The van der Waals surface area contributed by atoms with Gasteiger partial charge in [0.05, 0.1) is 16.6 Å². The van der Waals surface area contributed by atoms with Crippen molar-refractivity contribution in [2.45, 2.75) is 18.9 Å². The molecular formula is C22H17ClN2OS. The number of fused-ring (bicyclic) bond motifs is 3. The topological polar surface area (TPSA) is 32.7 Å². The largest absolute Gasteiger partial charge is 0.284 e. The average molecular weight is 393 g/mol. The molecule has 2 aliphatic rings. The van der Waals surface area contributed by atoms with Crippen LogP contribution in [0.25, 0.3) is 0 Å². The van der Waals surface area contributed by atoms with Crippen LogP contribution in [-0.2, 0) is 6.42 Å². The van der Waals surface area contributed by atoms with Gasteiger partial charge in [0.15, 0.2) is 0 Å². The van der Waals surface area contributed by atoms with E-state index in [9.17, 15) is 4.79 Å². The maximum Gasteiger partial charge on any atom is 0.284 e. The van der Waals surface area contributed by atoms with Crippen molar-refractivity contribution in [2.24, 2.45) is 11.0 Å². The Bertz CT molecular complexity index is 1040. The highest BCUT2D eigenvalue weighted by Gasteiger charge is 2.44. The van der Waals surface area contributed by atoms with Crippen molar-refractivity contribution in [3.63, 3.8) is 0 Å². The number of rotatable bonds is 2. The summed E-state index contributed by atoms with van der Waals surface area (Å²) >= 11 is 7.99. The molecule has 0 N–H and O–H groups in total. The van der Waals surface area contributed by atoms with Crippen LogP contribution in [-0.4, -0.2) is 16.6 Å². The first-order valence-corrected chi connectivity index (χ1v) is 10.3. The maximum atomic E-state index is 13.2. The lowest BCUT2D eigenvalue weighted by Crippen LogP contribution is -2.32. The van der Waals surface area contributed by atoms with Crippen LogP contribution in [0.15, 0.2) is 71.1 Å². The van der Waals surface area contributed by atoms with Crippen molar-refractivity contribution in [1.29, 1.82) is 0 Å². The van der Waals surface area contributed by atoms with E-state index in [1.54, 1.807) is 5.01 Å². The van der Waals surface area contributed by atoms with E-state index in [2.05, 4.69) is 18.2 Å². The number of carbonyl (C=O) groups excluding carboxylic acids is 1. The van der Waals surface area contributed by atoms with Crippen molar-refractivity contribution < 1.29 is 4.79 Å². The minimum atomic E-state index is -0.170. The standard InChI is InChI=1S/C22H17ClN2OS/c23-18-9-4-3-8-16(18)21-17-12-11-14-6-1-2-7-15(14)20(17)24-25(21)22(26)19-10-5-13-27-19/h1-10,13,17,21H,11-12H2/t17-,21+/m1/s1. The summed E-state index contributed by atoms with van der Waals surface area (Å²) in [6.45, 7) is 0. The summed E-state index contributed by atoms with van der Waals surface area (Å²) in [5.74, 6) is 0.0954. The minimum absolute atomic E-state index is 0.0608. The van der Waals surface area contributed by atoms with Crippen molar-refractivity contribution in [3.8, 4) is 0 Å². The quantitative estimate of drug-likeness (QED) is 0.561. The smallest absolute Gasteiger partial charge is 0.266 e. The number of hydrazone groups is 1. The summed E-state index contributed by atoms with van der Waals surface area (Å²) in [5.41, 5.74) is 4.43. The second kappa shape index (κ2) is 6.63. The second-order valence-corrected chi connectivity index (χ2v) is 8.24. The number of amides is 1. The number of aryl methyl sites for hydroxylation is 1. The monoisotopic (exact) mass is 392 g/mol. The van der Waals surface area contributed by atoms with Gasteiger partial charge in [-0.1, -0.05) is 60.1 Å². The molecule has 0 spiro atoms. The Kier molecular flexibility index (Phi) is 4.10. The zero-order chi connectivity index (χ0) is 18.4.